The van der Waals surface area contributed by atoms with E-state index in [0.717, 1.165) is 25.5 Å². The number of likely N-dealkylation sites (tertiary alicyclic amines) is 1. The third kappa shape index (κ3) is 3.67. The average molecular weight is 389 g/mol. The maximum atomic E-state index is 14.2. The fourth-order valence-electron chi connectivity index (χ4n) is 3.89. The van der Waals surface area contributed by atoms with E-state index < -0.39 is 23.3 Å². The minimum atomic E-state index is -0.635. The Kier molecular flexibility index (Phi) is 5.17. The molecule has 0 radical (unpaired) electrons. The fraction of sp³-hybridized carbons (Fsp3) is 0.286. The number of aromatic nitrogens is 2. The van der Waals surface area contributed by atoms with E-state index in [1.807, 2.05) is 0 Å². The second-order valence-corrected chi connectivity index (χ2v) is 7.10. The molecule has 0 saturated carbocycles. The van der Waals surface area contributed by atoms with E-state index in [-0.39, 0.29) is 11.5 Å². The number of piperidine rings is 1. The first-order valence-electron chi connectivity index (χ1n) is 9.17. The summed E-state index contributed by atoms with van der Waals surface area (Å²) in [4.78, 5) is 2.06. The lowest BCUT2D eigenvalue weighted by atomic mass is 9.90. The normalized spacial score (nSPS) is 17.8. The van der Waals surface area contributed by atoms with Crippen molar-refractivity contribution in [1.82, 2.24) is 15.1 Å². The molecule has 2 heterocycles. The molecule has 3 aromatic rings. The van der Waals surface area contributed by atoms with E-state index in [0.29, 0.717) is 29.9 Å². The van der Waals surface area contributed by atoms with Crippen molar-refractivity contribution in [2.45, 2.75) is 25.3 Å². The Morgan fingerprint density at radius 3 is 2.57 bits per heavy atom. The van der Waals surface area contributed by atoms with E-state index in [9.17, 15) is 17.6 Å². The van der Waals surface area contributed by atoms with Crippen molar-refractivity contribution in [3.05, 3.63) is 77.1 Å². The molecule has 0 spiro atoms. The fourth-order valence-corrected chi connectivity index (χ4v) is 3.89. The van der Waals surface area contributed by atoms with Gasteiger partial charge < -0.3 is 0 Å². The Morgan fingerprint density at radius 2 is 1.82 bits per heavy atom. The first kappa shape index (κ1) is 18.7. The maximum Gasteiger partial charge on any atom is 0.134 e. The monoisotopic (exact) mass is 389 g/mol. The summed E-state index contributed by atoms with van der Waals surface area (Å²) in [5, 5.41) is 6.91. The van der Waals surface area contributed by atoms with Crippen LogP contribution in [0.5, 0.6) is 0 Å². The van der Waals surface area contributed by atoms with Crippen LogP contribution >= 0.6 is 0 Å². The Morgan fingerprint density at radius 1 is 1.04 bits per heavy atom. The molecule has 1 atom stereocenters. The first-order valence-corrected chi connectivity index (χ1v) is 9.17. The second kappa shape index (κ2) is 7.75. The maximum absolute atomic E-state index is 14.2. The molecule has 1 aliphatic heterocycles. The Hall–Kier alpha value is -2.67. The summed E-state index contributed by atoms with van der Waals surface area (Å²) in [6, 6.07) is 7.34. The molecule has 1 unspecified atom stereocenters. The van der Waals surface area contributed by atoms with E-state index in [1.54, 1.807) is 0 Å². The van der Waals surface area contributed by atoms with Gasteiger partial charge in [0.1, 0.15) is 23.3 Å². The van der Waals surface area contributed by atoms with Crippen molar-refractivity contribution in [1.29, 1.82) is 0 Å². The second-order valence-electron chi connectivity index (χ2n) is 7.10. The molecular formula is C21H19F4N3. The Bertz CT molecular complexity index is 965. The van der Waals surface area contributed by atoms with E-state index in [1.165, 1.54) is 36.5 Å². The molecule has 1 aromatic heterocycles. The van der Waals surface area contributed by atoms with Gasteiger partial charge in [-0.05, 0) is 37.6 Å². The summed E-state index contributed by atoms with van der Waals surface area (Å²) < 4.78 is 55.6. The van der Waals surface area contributed by atoms with Gasteiger partial charge in [0.15, 0.2) is 0 Å². The van der Waals surface area contributed by atoms with Crippen LogP contribution in [0.4, 0.5) is 17.6 Å². The Labute approximate surface area is 160 Å². The summed E-state index contributed by atoms with van der Waals surface area (Å²) in [5.41, 5.74) is 1.42. The SMILES string of the molecule is Fc1ccc(CN2CCCC(c3[nH]ncc3-c3c(F)cccc3F)C2)c(F)c1. The molecule has 146 valence electrons. The van der Waals surface area contributed by atoms with Gasteiger partial charge in [-0.2, -0.15) is 5.10 Å². The summed E-state index contributed by atoms with van der Waals surface area (Å²) in [6.07, 6.45) is 3.12. The first-order chi connectivity index (χ1) is 13.5. The van der Waals surface area contributed by atoms with Crippen LogP contribution in [-0.4, -0.2) is 28.2 Å². The molecular weight excluding hydrogens is 370 g/mol. The molecule has 2 aromatic carbocycles. The number of rotatable bonds is 4. The smallest absolute Gasteiger partial charge is 0.134 e. The van der Waals surface area contributed by atoms with Crippen molar-refractivity contribution in [2.24, 2.45) is 0 Å². The average Bonchev–Trinajstić information content (AvgIpc) is 3.14. The number of aromatic amines is 1. The van der Waals surface area contributed by atoms with Crippen LogP contribution in [0, 0.1) is 23.3 Å². The molecule has 0 aliphatic carbocycles. The number of nitrogens with one attached hydrogen (secondary N) is 1. The number of nitrogens with zero attached hydrogens (tertiary/aromatic N) is 2. The van der Waals surface area contributed by atoms with E-state index in [2.05, 4.69) is 15.1 Å². The molecule has 7 heteroatoms. The lowest BCUT2D eigenvalue weighted by Gasteiger charge is -2.32. The van der Waals surface area contributed by atoms with Crippen LogP contribution in [0.25, 0.3) is 11.1 Å². The largest absolute Gasteiger partial charge is 0.298 e. The molecule has 1 aliphatic rings. The molecule has 1 saturated heterocycles. The van der Waals surface area contributed by atoms with Gasteiger partial charge in [-0.3, -0.25) is 10.00 Å². The zero-order chi connectivity index (χ0) is 19.7. The van der Waals surface area contributed by atoms with Gasteiger partial charge in [-0.1, -0.05) is 12.1 Å². The lowest BCUT2D eigenvalue weighted by Crippen LogP contribution is -2.34. The Balaban J connectivity index is 1.57. The van der Waals surface area contributed by atoms with Crippen LogP contribution in [0.3, 0.4) is 0 Å². The van der Waals surface area contributed by atoms with Crippen LogP contribution in [-0.2, 0) is 6.54 Å². The van der Waals surface area contributed by atoms with Crippen molar-refractivity contribution in [3.8, 4) is 11.1 Å². The molecule has 0 bridgehead atoms. The standard InChI is InChI=1S/C21H19F4N3/c22-15-7-6-13(19(25)9-15)11-28-8-2-3-14(12-28)21-16(10-26-27-21)20-17(23)4-1-5-18(20)24/h1,4-7,9-10,14H,2-3,8,11-12H2,(H,26,27). The van der Waals surface area contributed by atoms with Gasteiger partial charge in [0.25, 0.3) is 0 Å². The van der Waals surface area contributed by atoms with E-state index in [4.69, 9.17) is 0 Å². The highest BCUT2D eigenvalue weighted by molar-refractivity contribution is 5.67. The summed E-state index contributed by atoms with van der Waals surface area (Å²) in [7, 11) is 0. The third-order valence-electron chi connectivity index (χ3n) is 5.22. The number of halogens is 4. The van der Waals surface area contributed by atoms with Gasteiger partial charge in [0, 0.05) is 41.9 Å². The van der Waals surface area contributed by atoms with Crippen molar-refractivity contribution in [3.63, 3.8) is 0 Å². The number of benzene rings is 2. The number of H-pyrrole nitrogens is 1. The topological polar surface area (TPSA) is 31.9 Å². The molecule has 0 amide bonds. The van der Waals surface area contributed by atoms with Crippen molar-refractivity contribution >= 4 is 0 Å². The summed E-state index contributed by atoms with van der Waals surface area (Å²) in [6.45, 7) is 1.70. The number of hydrogen-bond acceptors (Lipinski definition) is 2. The summed E-state index contributed by atoms with van der Waals surface area (Å²) >= 11 is 0. The van der Waals surface area contributed by atoms with Crippen molar-refractivity contribution < 1.29 is 17.6 Å². The highest BCUT2D eigenvalue weighted by Gasteiger charge is 2.27. The van der Waals surface area contributed by atoms with Crippen LogP contribution < -0.4 is 0 Å². The van der Waals surface area contributed by atoms with Crippen molar-refractivity contribution in [2.75, 3.05) is 13.1 Å². The highest BCUT2D eigenvalue weighted by Crippen LogP contribution is 2.35. The molecule has 1 fully saturated rings. The zero-order valence-corrected chi connectivity index (χ0v) is 15.1. The van der Waals surface area contributed by atoms with Gasteiger partial charge in [-0.15, -0.1) is 0 Å². The lowest BCUT2D eigenvalue weighted by molar-refractivity contribution is 0.196. The molecule has 1 N–H and O–H groups in total. The quantitative estimate of drug-likeness (QED) is 0.636. The van der Waals surface area contributed by atoms with Crippen LogP contribution in [0.1, 0.15) is 30.0 Å². The van der Waals surface area contributed by atoms with Gasteiger partial charge in [-0.25, -0.2) is 17.6 Å². The number of hydrogen-bond donors (Lipinski definition) is 1. The molecule has 4 rings (SSSR count). The summed E-state index contributed by atoms with van der Waals surface area (Å²) in [5.74, 6) is -2.47. The molecule has 28 heavy (non-hydrogen) atoms. The zero-order valence-electron chi connectivity index (χ0n) is 15.1. The molecule has 3 nitrogen and oxygen atoms in total. The predicted octanol–water partition coefficient (Wildman–Crippen LogP) is 5.01. The van der Waals surface area contributed by atoms with Crippen LogP contribution in [0.15, 0.2) is 42.6 Å². The van der Waals surface area contributed by atoms with Gasteiger partial charge in [0.2, 0.25) is 0 Å². The predicted molar refractivity (Wildman–Crippen MR) is 97.5 cm³/mol. The van der Waals surface area contributed by atoms with Crippen LogP contribution in [0.2, 0.25) is 0 Å². The van der Waals surface area contributed by atoms with Gasteiger partial charge >= 0.3 is 0 Å². The minimum Gasteiger partial charge on any atom is -0.298 e. The van der Waals surface area contributed by atoms with E-state index >= 15 is 0 Å². The highest BCUT2D eigenvalue weighted by atomic mass is 19.1. The van der Waals surface area contributed by atoms with Gasteiger partial charge in [0.05, 0.1) is 11.8 Å². The third-order valence-corrected chi connectivity index (χ3v) is 5.22. The minimum absolute atomic E-state index is 0.0197.